The Morgan fingerprint density at radius 1 is 1.41 bits per heavy atom. The number of likely N-dealkylation sites (N-methyl/N-ethyl adjacent to an activating group) is 1. The molecular formula is C10H21NO4S2. The van der Waals surface area contributed by atoms with Crippen molar-refractivity contribution in [2.45, 2.75) is 19.9 Å². The zero-order chi connectivity index (χ0) is 13.3. The van der Waals surface area contributed by atoms with Crippen molar-refractivity contribution in [3.05, 3.63) is 0 Å². The summed E-state index contributed by atoms with van der Waals surface area (Å²) in [5, 5.41) is 3.02. The highest BCUT2D eigenvalue weighted by Crippen LogP contribution is 2.05. The predicted molar refractivity (Wildman–Crippen MR) is 71.1 cm³/mol. The Morgan fingerprint density at radius 3 is 2.53 bits per heavy atom. The van der Waals surface area contributed by atoms with E-state index in [1.54, 1.807) is 6.92 Å². The second-order valence-electron chi connectivity index (χ2n) is 3.57. The number of hydrogen-bond donors (Lipinski definition) is 1. The molecule has 5 nitrogen and oxygen atoms in total. The number of carbonyl (C=O) groups is 1. The first kappa shape index (κ1) is 16.7. The number of hydrogen-bond acceptors (Lipinski definition) is 6. The molecule has 7 heteroatoms. The van der Waals surface area contributed by atoms with Crippen molar-refractivity contribution < 1.29 is 17.9 Å². The SMILES string of the molecule is CCNC(CSCCS(C)(=O)=O)C(=O)OCC. The average Bonchev–Trinajstić information content (AvgIpc) is 2.21. The van der Waals surface area contributed by atoms with E-state index in [9.17, 15) is 13.2 Å². The molecule has 0 aromatic heterocycles. The molecule has 0 radical (unpaired) electrons. The van der Waals surface area contributed by atoms with Crippen LogP contribution in [-0.4, -0.2) is 57.1 Å². The number of sulfone groups is 1. The van der Waals surface area contributed by atoms with E-state index in [1.165, 1.54) is 18.0 Å². The van der Waals surface area contributed by atoms with Gasteiger partial charge in [0.15, 0.2) is 0 Å². The molecule has 0 aliphatic rings. The molecule has 0 aliphatic heterocycles. The van der Waals surface area contributed by atoms with E-state index < -0.39 is 9.84 Å². The van der Waals surface area contributed by atoms with Gasteiger partial charge in [-0.1, -0.05) is 6.92 Å². The molecule has 0 amide bonds. The van der Waals surface area contributed by atoms with Gasteiger partial charge < -0.3 is 10.1 Å². The normalized spacial score (nSPS) is 13.4. The van der Waals surface area contributed by atoms with Crippen LogP contribution in [0.25, 0.3) is 0 Å². The van der Waals surface area contributed by atoms with Crippen LogP contribution in [0.5, 0.6) is 0 Å². The minimum Gasteiger partial charge on any atom is -0.465 e. The first-order chi connectivity index (χ1) is 7.90. The van der Waals surface area contributed by atoms with E-state index in [2.05, 4.69) is 5.32 Å². The number of esters is 1. The fourth-order valence-electron chi connectivity index (χ4n) is 1.11. The summed E-state index contributed by atoms with van der Waals surface area (Å²) in [4.78, 5) is 11.5. The van der Waals surface area contributed by atoms with Crippen LogP contribution in [0.3, 0.4) is 0 Å². The lowest BCUT2D eigenvalue weighted by molar-refractivity contribution is -0.144. The van der Waals surface area contributed by atoms with Crippen LogP contribution in [-0.2, 0) is 19.4 Å². The molecule has 0 aromatic rings. The Labute approximate surface area is 108 Å². The second-order valence-corrected chi connectivity index (χ2v) is 6.98. The summed E-state index contributed by atoms with van der Waals surface area (Å²) >= 11 is 1.44. The topological polar surface area (TPSA) is 72.5 Å². The van der Waals surface area contributed by atoms with E-state index in [0.29, 0.717) is 24.7 Å². The molecular weight excluding hydrogens is 262 g/mol. The van der Waals surface area contributed by atoms with Gasteiger partial charge in [-0.2, -0.15) is 11.8 Å². The van der Waals surface area contributed by atoms with E-state index in [-0.39, 0.29) is 17.8 Å². The van der Waals surface area contributed by atoms with Crippen molar-refractivity contribution >= 4 is 27.6 Å². The summed E-state index contributed by atoms with van der Waals surface area (Å²) in [5.41, 5.74) is 0. The van der Waals surface area contributed by atoms with Gasteiger partial charge in [-0.25, -0.2) is 8.42 Å². The second kappa shape index (κ2) is 8.77. The van der Waals surface area contributed by atoms with Gasteiger partial charge in [0.05, 0.1) is 12.4 Å². The van der Waals surface area contributed by atoms with Crippen LogP contribution in [0, 0.1) is 0 Å². The maximum Gasteiger partial charge on any atom is 0.323 e. The van der Waals surface area contributed by atoms with Crippen molar-refractivity contribution in [2.75, 3.05) is 36.7 Å². The molecule has 1 unspecified atom stereocenters. The highest BCUT2D eigenvalue weighted by Gasteiger charge is 2.18. The van der Waals surface area contributed by atoms with Gasteiger partial charge in [-0.05, 0) is 13.5 Å². The molecule has 102 valence electrons. The summed E-state index contributed by atoms with van der Waals surface area (Å²) in [6.07, 6.45) is 1.21. The molecule has 0 spiro atoms. The Hall–Kier alpha value is -0.270. The van der Waals surface area contributed by atoms with E-state index in [0.717, 1.165) is 0 Å². The third-order valence-corrected chi connectivity index (χ3v) is 4.17. The van der Waals surface area contributed by atoms with Crippen molar-refractivity contribution in [1.82, 2.24) is 5.32 Å². The van der Waals surface area contributed by atoms with E-state index in [4.69, 9.17) is 4.74 Å². The van der Waals surface area contributed by atoms with Crippen molar-refractivity contribution in [3.63, 3.8) is 0 Å². The third-order valence-electron chi connectivity index (χ3n) is 1.90. The number of thioether (sulfide) groups is 1. The average molecular weight is 283 g/mol. The zero-order valence-corrected chi connectivity index (χ0v) is 12.2. The molecule has 17 heavy (non-hydrogen) atoms. The van der Waals surface area contributed by atoms with Gasteiger partial charge in [-0.3, -0.25) is 4.79 Å². The Morgan fingerprint density at radius 2 is 2.06 bits per heavy atom. The third kappa shape index (κ3) is 9.43. The molecule has 1 atom stereocenters. The van der Waals surface area contributed by atoms with Gasteiger partial charge in [0.2, 0.25) is 0 Å². The Balaban J connectivity index is 3.96. The van der Waals surface area contributed by atoms with Crippen LogP contribution >= 0.6 is 11.8 Å². The van der Waals surface area contributed by atoms with Crippen LogP contribution in [0.1, 0.15) is 13.8 Å². The number of carbonyl (C=O) groups excluding carboxylic acids is 1. The maximum absolute atomic E-state index is 11.5. The molecule has 0 aliphatic carbocycles. The van der Waals surface area contributed by atoms with E-state index >= 15 is 0 Å². The van der Waals surface area contributed by atoms with Gasteiger partial charge in [0.25, 0.3) is 0 Å². The standard InChI is InChI=1S/C10H21NO4S2/c1-4-11-9(10(12)15-5-2)8-16-6-7-17(3,13)14/h9,11H,4-8H2,1-3H3. The molecule has 0 heterocycles. The minimum atomic E-state index is -2.92. The Kier molecular flexibility index (Phi) is 8.63. The molecule has 0 rings (SSSR count). The van der Waals surface area contributed by atoms with Crippen LogP contribution in [0.15, 0.2) is 0 Å². The van der Waals surface area contributed by atoms with Gasteiger partial charge >= 0.3 is 5.97 Å². The predicted octanol–water partition coefficient (Wildman–Crippen LogP) is 0.305. The van der Waals surface area contributed by atoms with Gasteiger partial charge in [-0.15, -0.1) is 0 Å². The largest absolute Gasteiger partial charge is 0.465 e. The smallest absolute Gasteiger partial charge is 0.323 e. The summed E-state index contributed by atoms with van der Waals surface area (Å²) in [6, 6.07) is -0.357. The van der Waals surface area contributed by atoms with Crippen molar-refractivity contribution in [1.29, 1.82) is 0 Å². The van der Waals surface area contributed by atoms with E-state index in [1.807, 2.05) is 6.92 Å². The fraction of sp³-hybridized carbons (Fsp3) is 0.900. The molecule has 0 fully saturated rings. The fourth-order valence-corrected chi connectivity index (χ4v) is 3.45. The number of nitrogens with one attached hydrogen (secondary N) is 1. The molecule has 0 bridgehead atoms. The van der Waals surface area contributed by atoms with Crippen LogP contribution in [0.2, 0.25) is 0 Å². The molecule has 0 saturated carbocycles. The Bertz CT molecular complexity index is 316. The van der Waals surface area contributed by atoms with Gasteiger partial charge in [0, 0.05) is 17.8 Å². The number of ether oxygens (including phenoxy) is 1. The van der Waals surface area contributed by atoms with Crippen LogP contribution < -0.4 is 5.32 Å². The highest BCUT2D eigenvalue weighted by molar-refractivity contribution is 8.00. The zero-order valence-electron chi connectivity index (χ0n) is 10.6. The lowest BCUT2D eigenvalue weighted by atomic mass is 10.3. The monoisotopic (exact) mass is 283 g/mol. The highest BCUT2D eigenvalue weighted by atomic mass is 32.2. The lowest BCUT2D eigenvalue weighted by Gasteiger charge is -2.15. The summed E-state index contributed by atoms with van der Waals surface area (Å²) < 4.78 is 26.8. The molecule has 1 N–H and O–H groups in total. The molecule has 0 saturated heterocycles. The lowest BCUT2D eigenvalue weighted by Crippen LogP contribution is -2.40. The summed E-state index contributed by atoms with van der Waals surface area (Å²) in [6.45, 7) is 4.70. The quantitative estimate of drug-likeness (QED) is 0.485. The van der Waals surface area contributed by atoms with Crippen molar-refractivity contribution in [3.8, 4) is 0 Å². The van der Waals surface area contributed by atoms with Gasteiger partial charge in [0.1, 0.15) is 15.9 Å². The summed E-state index contributed by atoms with van der Waals surface area (Å²) in [5.74, 6) is 0.892. The minimum absolute atomic E-state index is 0.138. The first-order valence-electron chi connectivity index (χ1n) is 5.56. The number of rotatable bonds is 9. The van der Waals surface area contributed by atoms with Crippen molar-refractivity contribution in [2.24, 2.45) is 0 Å². The maximum atomic E-state index is 11.5. The summed E-state index contributed by atoms with van der Waals surface area (Å²) in [7, 11) is -2.92. The van der Waals surface area contributed by atoms with Crippen LogP contribution in [0.4, 0.5) is 0 Å². The first-order valence-corrected chi connectivity index (χ1v) is 8.77. The molecule has 0 aromatic carbocycles.